The molecule has 1 nitrogen and oxygen atoms in total. The molecule has 0 bridgehead atoms. The lowest BCUT2D eigenvalue weighted by atomic mass is 9.90. The first-order valence-corrected chi connectivity index (χ1v) is 4.33. The van der Waals surface area contributed by atoms with Gasteiger partial charge in [0, 0.05) is 12.8 Å². The normalized spacial score (nSPS) is 25.0. The van der Waals surface area contributed by atoms with Crippen molar-refractivity contribution in [1.29, 1.82) is 0 Å². The molecule has 1 heteroatoms. The number of hydrogen-bond donors (Lipinski definition) is 0. The predicted octanol–water partition coefficient (Wildman–Crippen LogP) is 2.68. The standard InChI is InChI=1S/C10H17N/c1-7(2)10-6-11-5-8(3)9(10)4/h6-8H,5H2,1-4H3. The molecule has 0 aromatic heterocycles. The van der Waals surface area contributed by atoms with E-state index in [4.69, 9.17) is 0 Å². The van der Waals surface area contributed by atoms with Crippen molar-refractivity contribution in [3.8, 4) is 0 Å². The first-order valence-electron chi connectivity index (χ1n) is 4.33. The summed E-state index contributed by atoms with van der Waals surface area (Å²) in [5.74, 6) is 1.28. The van der Waals surface area contributed by atoms with E-state index in [0.29, 0.717) is 11.8 Å². The van der Waals surface area contributed by atoms with Gasteiger partial charge in [-0.15, -0.1) is 0 Å². The number of allylic oxidation sites excluding steroid dienone is 1. The Kier molecular flexibility index (Phi) is 2.48. The second kappa shape index (κ2) is 3.21. The zero-order valence-corrected chi connectivity index (χ0v) is 7.89. The van der Waals surface area contributed by atoms with Gasteiger partial charge >= 0.3 is 0 Å². The third-order valence-electron chi connectivity index (χ3n) is 2.43. The zero-order chi connectivity index (χ0) is 8.43. The highest BCUT2D eigenvalue weighted by atomic mass is 14.7. The molecule has 1 aliphatic heterocycles. The summed E-state index contributed by atoms with van der Waals surface area (Å²) < 4.78 is 0. The Morgan fingerprint density at radius 3 is 2.64 bits per heavy atom. The maximum atomic E-state index is 4.33. The van der Waals surface area contributed by atoms with E-state index in [1.54, 1.807) is 0 Å². The fourth-order valence-corrected chi connectivity index (χ4v) is 1.44. The van der Waals surface area contributed by atoms with Crippen LogP contribution in [0.5, 0.6) is 0 Å². The summed E-state index contributed by atoms with van der Waals surface area (Å²) in [5.41, 5.74) is 2.96. The van der Waals surface area contributed by atoms with E-state index in [2.05, 4.69) is 32.7 Å². The van der Waals surface area contributed by atoms with Crippen LogP contribution in [0.25, 0.3) is 0 Å². The van der Waals surface area contributed by atoms with Crippen LogP contribution in [-0.2, 0) is 0 Å². The van der Waals surface area contributed by atoms with Gasteiger partial charge in [-0.05, 0) is 24.3 Å². The molecular formula is C10H17N. The lowest BCUT2D eigenvalue weighted by Crippen LogP contribution is -2.13. The number of hydrogen-bond acceptors (Lipinski definition) is 1. The molecule has 0 saturated heterocycles. The summed E-state index contributed by atoms with van der Waals surface area (Å²) in [6.07, 6.45) is 2.04. The van der Waals surface area contributed by atoms with E-state index in [1.807, 2.05) is 6.21 Å². The summed E-state index contributed by atoms with van der Waals surface area (Å²) in [6.45, 7) is 9.90. The maximum Gasteiger partial charge on any atom is 0.0452 e. The lowest BCUT2D eigenvalue weighted by Gasteiger charge is -2.20. The van der Waals surface area contributed by atoms with Crippen LogP contribution in [-0.4, -0.2) is 12.8 Å². The van der Waals surface area contributed by atoms with E-state index in [0.717, 1.165) is 6.54 Å². The molecule has 0 saturated carbocycles. The highest BCUT2D eigenvalue weighted by molar-refractivity contribution is 5.81. The van der Waals surface area contributed by atoms with Crippen molar-refractivity contribution in [3.05, 3.63) is 11.1 Å². The Balaban J connectivity index is 2.89. The molecule has 11 heavy (non-hydrogen) atoms. The van der Waals surface area contributed by atoms with Gasteiger partial charge in [-0.25, -0.2) is 0 Å². The minimum absolute atomic E-state index is 0.626. The fraction of sp³-hybridized carbons (Fsp3) is 0.700. The molecule has 0 N–H and O–H groups in total. The Bertz CT molecular complexity index is 199. The molecule has 1 rings (SSSR count). The quantitative estimate of drug-likeness (QED) is 0.546. The van der Waals surface area contributed by atoms with Crippen molar-refractivity contribution in [1.82, 2.24) is 0 Å². The van der Waals surface area contributed by atoms with Crippen LogP contribution in [0.2, 0.25) is 0 Å². The fourth-order valence-electron chi connectivity index (χ4n) is 1.44. The lowest BCUT2D eigenvalue weighted by molar-refractivity contribution is 0.653. The van der Waals surface area contributed by atoms with Gasteiger partial charge in [0.1, 0.15) is 0 Å². The molecule has 0 aromatic rings. The van der Waals surface area contributed by atoms with E-state index in [9.17, 15) is 0 Å². The minimum Gasteiger partial charge on any atom is -0.292 e. The van der Waals surface area contributed by atoms with E-state index in [-0.39, 0.29) is 0 Å². The summed E-state index contributed by atoms with van der Waals surface area (Å²) in [6, 6.07) is 0. The molecule has 0 radical (unpaired) electrons. The summed E-state index contributed by atoms with van der Waals surface area (Å²) in [7, 11) is 0. The van der Waals surface area contributed by atoms with Gasteiger partial charge in [0.25, 0.3) is 0 Å². The second-order valence-corrected chi connectivity index (χ2v) is 3.69. The summed E-state index contributed by atoms with van der Waals surface area (Å²) in [4.78, 5) is 4.33. The van der Waals surface area contributed by atoms with Crippen molar-refractivity contribution in [2.24, 2.45) is 16.8 Å². The van der Waals surface area contributed by atoms with Gasteiger partial charge in [-0.1, -0.05) is 26.3 Å². The molecule has 0 amide bonds. The molecule has 0 spiro atoms. The summed E-state index contributed by atoms with van der Waals surface area (Å²) >= 11 is 0. The number of dihydropyridines is 1. The first-order chi connectivity index (χ1) is 5.13. The van der Waals surface area contributed by atoms with Crippen LogP contribution in [0, 0.1) is 11.8 Å². The van der Waals surface area contributed by atoms with Gasteiger partial charge in [0.05, 0.1) is 0 Å². The van der Waals surface area contributed by atoms with Crippen molar-refractivity contribution >= 4 is 6.21 Å². The SMILES string of the molecule is CC1=C(C(C)C)C=NCC1C. The van der Waals surface area contributed by atoms with Crippen LogP contribution >= 0.6 is 0 Å². The average molecular weight is 151 g/mol. The van der Waals surface area contributed by atoms with Gasteiger partial charge < -0.3 is 0 Å². The van der Waals surface area contributed by atoms with Crippen LogP contribution in [0.3, 0.4) is 0 Å². The number of rotatable bonds is 1. The molecule has 0 fully saturated rings. The van der Waals surface area contributed by atoms with Crippen LogP contribution < -0.4 is 0 Å². The Morgan fingerprint density at radius 1 is 1.55 bits per heavy atom. The molecular weight excluding hydrogens is 134 g/mol. The number of nitrogens with zero attached hydrogens (tertiary/aromatic N) is 1. The zero-order valence-electron chi connectivity index (χ0n) is 7.89. The Morgan fingerprint density at radius 2 is 2.18 bits per heavy atom. The molecule has 1 unspecified atom stereocenters. The summed E-state index contributed by atoms with van der Waals surface area (Å²) in [5, 5.41) is 0. The minimum atomic E-state index is 0.626. The Hall–Kier alpha value is -0.590. The van der Waals surface area contributed by atoms with Gasteiger partial charge in [-0.3, -0.25) is 4.99 Å². The van der Waals surface area contributed by atoms with Crippen molar-refractivity contribution in [3.63, 3.8) is 0 Å². The van der Waals surface area contributed by atoms with Crippen molar-refractivity contribution in [2.75, 3.05) is 6.54 Å². The molecule has 0 aliphatic carbocycles. The third kappa shape index (κ3) is 1.70. The van der Waals surface area contributed by atoms with Crippen molar-refractivity contribution in [2.45, 2.75) is 27.7 Å². The number of aliphatic imine (C=N–C) groups is 1. The molecule has 0 aromatic carbocycles. The molecule has 62 valence electrons. The van der Waals surface area contributed by atoms with Crippen LogP contribution in [0.4, 0.5) is 0 Å². The largest absolute Gasteiger partial charge is 0.292 e. The first kappa shape index (κ1) is 8.51. The van der Waals surface area contributed by atoms with Crippen molar-refractivity contribution < 1.29 is 0 Å². The van der Waals surface area contributed by atoms with E-state index < -0.39 is 0 Å². The topological polar surface area (TPSA) is 12.4 Å². The average Bonchev–Trinajstić information content (AvgIpc) is 1.94. The monoisotopic (exact) mass is 151 g/mol. The molecule has 1 aliphatic rings. The highest BCUT2D eigenvalue weighted by Gasteiger charge is 2.14. The smallest absolute Gasteiger partial charge is 0.0452 e. The molecule has 1 heterocycles. The third-order valence-corrected chi connectivity index (χ3v) is 2.43. The van der Waals surface area contributed by atoms with Gasteiger partial charge in [0.15, 0.2) is 0 Å². The van der Waals surface area contributed by atoms with Crippen LogP contribution in [0.15, 0.2) is 16.1 Å². The predicted molar refractivity (Wildman–Crippen MR) is 50.1 cm³/mol. The van der Waals surface area contributed by atoms with Gasteiger partial charge in [0.2, 0.25) is 0 Å². The molecule has 1 atom stereocenters. The van der Waals surface area contributed by atoms with E-state index in [1.165, 1.54) is 11.1 Å². The van der Waals surface area contributed by atoms with Crippen LogP contribution in [0.1, 0.15) is 27.7 Å². The Labute approximate surface area is 69.2 Å². The highest BCUT2D eigenvalue weighted by Crippen LogP contribution is 2.22. The van der Waals surface area contributed by atoms with Gasteiger partial charge in [-0.2, -0.15) is 0 Å². The van der Waals surface area contributed by atoms with E-state index >= 15 is 0 Å². The second-order valence-electron chi connectivity index (χ2n) is 3.69. The maximum absolute atomic E-state index is 4.33.